The molecule has 0 N–H and O–H groups in total. The quantitative estimate of drug-likeness (QED) is 0.143. The Balaban J connectivity index is 1.65. The number of aryl methyl sites for hydroxylation is 1. The van der Waals surface area contributed by atoms with Crippen LogP contribution in [0, 0.1) is 6.92 Å². The van der Waals surface area contributed by atoms with Gasteiger partial charge in [-0.2, -0.15) is 9.78 Å². The zero-order valence-electron chi connectivity index (χ0n) is 24.5. The molecule has 0 bridgehead atoms. The highest BCUT2D eigenvalue weighted by molar-refractivity contribution is 9.10. The summed E-state index contributed by atoms with van der Waals surface area (Å²) in [4.78, 5) is 18.9. The molecule has 0 aliphatic rings. The monoisotopic (exact) mass is 711 g/mol. The Kier molecular flexibility index (Phi) is 10.0. The van der Waals surface area contributed by atoms with E-state index in [1.54, 1.807) is 48.7 Å². The average Bonchev–Trinajstić information content (AvgIpc) is 2.97. The number of hydrogen-bond donors (Lipinski definition) is 0. The Morgan fingerprint density at radius 3 is 2.50 bits per heavy atom. The summed E-state index contributed by atoms with van der Waals surface area (Å²) in [6.45, 7) is 8.85. The molecule has 0 spiro atoms. The van der Waals surface area contributed by atoms with Crippen LogP contribution in [0.3, 0.4) is 0 Å². The number of para-hydroxylation sites is 1. The van der Waals surface area contributed by atoms with Crippen LogP contribution in [0.1, 0.15) is 48.9 Å². The molecule has 5 rings (SSSR count). The summed E-state index contributed by atoms with van der Waals surface area (Å²) in [7, 11) is 0. The van der Waals surface area contributed by atoms with Gasteiger partial charge in [0.15, 0.2) is 5.82 Å². The van der Waals surface area contributed by atoms with Crippen LogP contribution in [0.4, 0.5) is 0 Å². The molecule has 0 fully saturated rings. The molecule has 0 unspecified atom stereocenters. The van der Waals surface area contributed by atoms with Gasteiger partial charge in [-0.05, 0) is 95.4 Å². The van der Waals surface area contributed by atoms with Crippen LogP contribution in [0.5, 0.6) is 11.5 Å². The van der Waals surface area contributed by atoms with Crippen molar-refractivity contribution in [3.8, 4) is 22.9 Å². The molecule has 226 valence electrons. The largest absolute Gasteiger partial charge is 0.494 e. The van der Waals surface area contributed by atoms with E-state index in [4.69, 9.17) is 49.3 Å². The summed E-state index contributed by atoms with van der Waals surface area (Å²) in [5, 5.41) is 6.62. The van der Waals surface area contributed by atoms with Gasteiger partial charge in [0.05, 0.1) is 28.2 Å². The third-order valence-corrected chi connectivity index (χ3v) is 8.40. The number of rotatable bonds is 9. The Hall–Kier alpha value is -3.36. The molecule has 10 heteroatoms. The lowest BCUT2D eigenvalue weighted by molar-refractivity contribution is 0.304. The van der Waals surface area contributed by atoms with Gasteiger partial charge in [0.2, 0.25) is 0 Å². The van der Waals surface area contributed by atoms with E-state index < -0.39 is 0 Å². The lowest BCUT2D eigenvalue weighted by atomic mass is 9.96. The van der Waals surface area contributed by atoms with Crippen molar-refractivity contribution in [1.82, 2.24) is 9.66 Å². The second-order valence-electron chi connectivity index (χ2n) is 10.4. The minimum atomic E-state index is -0.308. The molecular formula is C34H29BrCl3N3O3. The maximum Gasteiger partial charge on any atom is 0.282 e. The predicted octanol–water partition coefficient (Wildman–Crippen LogP) is 10.1. The maximum absolute atomic E-state index is 13.9. The molecule has 1 aromatic heterocycles. The van der Waals surface area contributed by atoms with Crippen LogP contribution < -0.4 is 15.0 Å². The topological polar surface area (TPSA) is 65.7 Å². The summed E-state index contributed by atoms with van der Waals surface area (Å²) in [6, 6.07) is 19.9. The van der Waals surface area contributed by atoms with Gasteiger partial charge in [-0.3, -0.25) is 4.79 Å². The molecule has 6 nitrogen and oxygen atoms in total. The van der Waals surface area contributed by atoms with Gasteiger partial charge in [-0.15, -0.1) is 0 Å². The number of hydrogen-bond acceptors (Lipinski definition) is 5. The number of benzene rings is 4. The Bertz CT molecular complexity index is 1960. The van der Waals surface area contributed by atoms with E-state index >= 15 is 0 Å². The fourth-order valence-electron chi connectivity index (χ4n) is 4.81. The normalized spacial score (nSPS) is 11.6. The van der Waals surface area contributed by atoms with Crippen molar-refractivity contribution in [3.05, 3.63) is 119 Å². The predicted molar refractivity (Wildman–Crippen MR) is 184 cm³/mol. The van der Waals surface area contributed by atoms with E-state index in [0.717, 1.165) is 28.0 Å². The lowest BCUT2D eigenvalue weighted by Gasteiger charge is -2.18. The number of nitrogens with zero attached hydrogens (tertiary/aromatic N) is 3. The third-order valence-electron chi connectivity index (χ3n) is 7.01. The van der Waals surface area contributed by atoms with Gasteiger partial charge in [-0.25, -0.2) is 4.98 Å². The first-order valence-electron chi connectivity index (χ1n) is 14.0. The standard InChI is InChI=1S/C34H29BrCl3N3O3/c1-5-43-31-12-20(4)27(16-26(31)19(2)3)33-40-30-9-7-6-8-25(30)34(42)41(33)39-17-22-13-24(37)14-28(35)32(22)44-18-21-10-11-23(36)15-29(21)38/h6-17,19H,5,18H2,1-4H3. The molecule has 44 heavy (non-hydrogen) atoms. The molecule has 1 heterocycles. The molecule has 0 radical (unpaired) electrons. The minimum Gasteiger partial charge on any atom is -0.494 e. The van der Waals surface area contributed by atoms with Gasteiger partial charge in [0.1, 0.15) is 18.1 Å². The number of fused-ring (bicyclic) bond motifs is 1. The van der Waals surface area contributed by atoms with Gasteiger partial charge >= 0.3 is 0 Å². The van der Waals surface area contributed by atoms with Crippen molar-refractivity contribution >= 4 is 67.9 Å². The second kappa shape index (κ2) is 13.7. The van der Waals surface area contributed by atoms with Crippen molar-refractivity contribution in [2.75, 3.05) is 6.61 Å². The van der Waals surface area contributed by atoms with Crippen LogP contribution in [0.2, 0.25) is 15.1 Å². The van der Waals surface area contributed by atoms with Gasteiger partial charge < -0.3 is 9.47 Å². The van der Waals surface area contributed by atoms with Crippen molar-refractivity contribution in [1.29, 1.82) is 0 Å². The summed E-state index contributed by atoms with van der Waals surface area (Å²) < 4.78 is 14.1. The van der Waals surface area contributed by atoms with E-state index in [1.807, 2.05) is 38.1 Å². The minimum absolute atomic E-state index is 0.170. The lowest BCUT2D eigenvalue weighted by Crippen LogP contribution is -2.21. The zero-order valence-corrected chi connectivity index (χ0v) is 28.4. The van der Waals surface area contributed by atoms with Crippen molar-refractivity contribution in [2.24, 2.45) is 5.10 Å². The van der Waals surface area contributed by atoms with E-state index in [9.17, 15) is 4.79 Å². The average molecular weight is 714 g/mol. The molecule has 0 amide bonds. The van der Waals surface area contributed by atoms with E-state index in [-0.39, 0.29) is 18.1 Å². The number of ether oxygens (including phenoxy) is 2. The smallest absolute Gasteiger partial charge is 0.282 e. The second-order valence-corrected chi connectivity index (χ2v) is 12.6. The first-order valence-corrected chi connectivity index (χ1v) is 15.9. The van der Waals surface area contributed by atoms with E-state index in [1.165, 1.54) is 4.68 Å². The molecule has 0 atom stereocenters. The molecule has 4 aromatic carbocycles. The summed E-state index contributed by atoms with van der Waals surface area (Å²) in [5.41, 5.74) is 4.26. The Morgan fingerprint density at radius 2 is 1.77 bits per heavy atom. The van der Waals surface area contributed by atoms with Gasteiger partial charge in [-0.1, -0.05) is 66.8 Å². The van der Waals surface area contributed by atoms with Crippen molar-refractivity contribution < 1.29 is 9.47 Å². The van der Waals surface area contributed by atoms with Crippen LogP contribution >= 0.6 is 50.7 Å². The van der Waals surface area contributed by atoms with Crippen LogP contribution in [-0.4, -0.2) is 22.5 Å². The molecule has 0 saturated heterocycles. The summed E-state index contributed by atoms with van der Waals surface area (Å²) in [5.74, 6) is 1.88. The molecular weight excluding hydrogens is 685 g/mol. The molecule has 0 saturated carbocycles. The highest BCUT2D eigenvalue weighted by Crippen LogP contribution is 2.36. The number of halogens is 4. The van der Waals surface area contributed by atoms with E-state index in [0.29, 0.717) is 54.2 Å². The summed E-state index contributed by atoms with van der Waals surface area (Å²) in [6.07, 6.45) is 1.55. The van der Waals surface area contributed by atoms with Crippen LogP contribution in [0.15, 0.2) is 81.1 Å². The van der Waals surface area contributed by atoms with Crippen LogP contribution in [-0.2, 0) is 6.61 Å². The first kappa shape index (κ1) is 32.0. The van der Waals surface area contributed by atoms with Crippen LogP contribution in [0.25, 0.3) is 22.3 Å². The molecule has 0 aliphatic carbocycles. The van der Waals surface area contributed by atoms with Crippen molar-refractivity contribution in [3.63, 3.8) is 0 Å². The SMILES string of the molecule is CCOc1cc(C)c(-c2nc3ccccc3c(=O)n2N=Cc2cc(Cl)cc(Br)c2OCc2ccc(Cl)cc2Cl)cc1C(C)C. The Morgan fingerprint density at radius 1 is 1.00 bits per heavy atom. The molecule has 0 aliphatic heterocycles. The van der Waals surface area contributed by atoms with Gasteiger partial charge in [0, 0.05) is 31.8 Å². The third kappa shape index (κ3) is 6.81. The first-order chi connectivity index (χ1) is 21.1. The fraction of sp³-hybridized carbons (Fsp3) is 0.206. The highest BCUT2D eigenvalue weighted by Gasteiger charge is 2.19. The van der Waals surface area contributed by atoms with E-state index in [2.05, 4.69) is 34.9 Å². The zero-order chi connectivity index (χ0) is 31.5. The van der Waals surface area contributed by atoms with Crippen molar-refractivity contribution in [2.45, 2.75) is 40.2 Å². The Labute approximate surface area is 279 Å². The molecule has 5 aromatic rings. The fourth-order valence-corrected chi connectivity index (χ4v) is 6.22. The highest BCUT2D eigenvalue weighted by atomic mass is 79.9. The van der Waals surface area contributed by atoms with Gasteiger partial charge in [0.25, 0.3) is 5.56 Å². The maximum atomic E-state index is 13.9. The summed E-state index contributed by atoms with van der Waals surface area (Å²) >= 11 is 22.4. The number of aromatic nitrogens is 2.